The van der Waals surface area contributed by atoms with Gasteiger partial charge in [0.2, 0.25) is 0 Å². The molecule has 0 aliphatic heterocycles. The van der Waals surface area contributed by atoms with E-state index < -0.39 is 5.97 Å². The van der Waals surface area contributed by atoms with Crippen LogP contribution in [-0.2, 0) is 4.79 Å². The monoisotopic (exact) mass is 224 g/mol. The van der Waals surface area contributed by atoms with Gasteiger partial charge in [-0.15, -0.1) is 0 Å². The van der Waals surface area contributed by atoms with Crippen LogP contribution in [0.3, 0.4) is 0 Å². The lowest BCUT2D eigenvalue weighted by Crippen LogP contribution is -2.46. The average Bonchev–Trinajstić information content (AvgIpc) is 2.56. The fourth-order valence-electron chi connectivity index (χ4n) is 1.67. The topological polar surface area (TPSA) is 92.4 Å². The van der Waals surface area contributed by atoms with Crippen LogP contribution >= 0.6 is 0 Å². The van der Waals surface area contributed by atoms with Gasteiger partial charge in [0.15, 0.2) is 5.69 Å². The molecule has 1 saturated carbocycles. The molecule has 2 rings (SSSR count). The molecule has 1 fully saturated rings. The molecule has 1 heterocycles. The Labute approximate surface area is 91.6 Å². The zero-order chi connectivity index (χ0) is 11.7. The van der Waals surface area contributed by atoms with Crippen LogP contribution in [0, 0.1) is 12.8 Å². The largest absolute Gasteiger partial charge is 0.481 e. The number of aliphatic carboxylic acids is 1. The van der Waals surface area contributed by atoms with Gasteiger partial charge < -0.3 is 14.9 Å². The third-order valence-electron chi connectivity index (χ3n) is 2.68. The fraction of sp³-hybridized carbons (Fsp3) is 0.500. The van der Waals surface area contributed by atoms with Gasteiger partial charge in [-0.1, -0.05) is 5.16 Å². The van der Waals surface area contributed by atoms with Crippen LogP contribution in [0.1, 0.15) is 29.1 Å². The Morgan fingerprint density at radius 2 is 2.25 bits per heavy atom. The molecule has 1 aliphatic carbocycles. The number of nitrogens with zero attached hydrogens (tertiary/aromatic N) is 1. The summed E-state index contributed by atoms with van der Waals surface area (Å²) >= 11 is 0. The molecule has 2 N–H and O–H groups in total. The summed E-state index contributed by atoms with van der Waals surface area (Å²) in [6.45, 7) is 1.70. The number of carbonyl (C=O) groups excluding carboxylic acids is 1. The Balaban J connectivity index is 1.84. The first-order chi connectivity index (χ1) is 7.56. The van der Waals surface area contributed by atoms with E-state index in [1.54, 1.807) is 13.0 Å². The molecular weight excluding hydrogens is 212 g/mol. The van der Waals surface area contributed by atoms with Crippen LogP contribution in [-0.4, -0.2) is 28.2 Å². The van der Waals surface area contributed by atoms with Crippen molar-refractivity contribution in [3.63, 3.8) is 0 Å². The van der Waals surface area contributed by atoms with Gasteiger partial charge in [-0.2, -0.15) is 0 Å². The number of carboxylic acid groups (broad SMARTS) is 1. The molecule has 0 saturated heterocycles. The van der Waals surface area contributed by atoms with Gasteiger partial charge in [0.05, 0.1) is 5.92 Å². The number of carbonyl (C=O) groups is 2. The Morgan fingerprint density at radius 1 is 1.56 bits per heavy atom. The van der Waals surface area contributed by atoms with Crippen molar-refractivity contribution in [2.75, 3.05) is 0 Å². The van der Waals surface area contributed by atoms with E-state index in [9.17, 15) is 9.59 Å². The summed E-state index contributed by atoms with van der Waals surface area (Å²) in [5, 5.41) is 14.9. The Hall–Kier alpha value is -1.85. The van der Waals surface area contributed by atoms with Crippen molar-refractivity contribution >= 4 is 11.9 Å². The van der Waals surface area contributed by atoms with Gasteiger partial charge >= 0.3 is 5.97 Å². The minimum Gasteiger partial charge on any atom is -0.481 e. The number of aromatic nitrogens is 1. The molecule has 0 atom stereocenters. The third kappa shape index (κ3) is 2.05. The van der Waals surface area contributed by atoms with Crippen molar-refractivity contribution in [1.82, 2.24) is 10.5 Å². The number of hydrogen-bond donors (Lipinski definition) is 2. The highest BCUT2D eigenvalue weighted by molar-refractivity contribution is 5.92. The smallest absolute Gasteiger partial charge is 0.306 e. The maximum atomic E-state index is 11.6. The van der Waals surface area contributed by atoms with E-state index in [4.69, 9.17) is 9.63 Å². The summed E-state index contributed by atoms with van der Waals surface area (Å²) in [4.78, 5) is 22.1. The van der Waals surface area contributed by atoms with E-state index in [0.717, 1.165) is 0 Å². The standard InChI is InChI=1S/C10H12N2O4/c1-5-2-8(12-16-5)9(13)11-7-3-6(4-7)10(14)15/h2,6-7H,3-4H2,1H3,(H,11,13)(H,14,15). The van der Waals surface area contributed by atoms with E-state index in [1.807, 2.05) is 0 Å². The van der Waals surface area contributed by atoms with Gasteiger partial charge in [0.25, 0.3) is 5.91 Å². The first kappa shape index (κ1) is 10.7. The number of aryl methyl sites for hydroxylation is 1. The highest BCUT2D eigenvalue weighted by atomic mass is 16.5. The highest BCUT2D eigenvalue weighted by Crippen LogP contribution is 2.27. The maximum absolute atomic E-state index is 11.6. The molecule has 0 spiro atoms. The molecule has 0 bridgehead atoms. The number of amides is 1. The first-order valence-electron chi connectivity index (χ1n) is 5.03. The Morgan fingerprint density at radius 3 is 2.75 bits per heavy atom. The molecule has 1 aliphatic rings. The molecule has 6 nitrogen and oxygen atoms in total. The molecule has 1 aromatic rings. The zero-order valence-corrected chi connectivity index (χ0v) is 8.77. The van der Waals surface area contributed by atoms with Crippen molar-refractivity contribution in [2.24, 2.45) is 5.92 Å². The number of carboxylic acids is 1. The second-order valence-electron chi connectivity index (χ2n) is 4.00. The van der Waals surface area contributed by atoms with Gasteiger partial charge in [0, 0.05) is 12.1 Å². The minimum absolute atomic E-state index is 0.0643. The third-order valence-corrected chi connectivity index (χ3v) is 2.68. The molecule has 6 heteroatoms. The SMILES string of the molecule is Cc1cc(C(=O)NC2CC(C(=O)O)C2)no1. The molecule has 0 aromatic carbocycles. The summed E-state index contributed by atoms with van der Waals surface area (Å²) in [7, 11) is 0. The summed E-state index contributed by atoms with van der Waals surface area (Å²) in [5.74, 6) is -0.875. The normalized spacial score (nSPS) is 23.6. The van der Waals surface area contributed by atoms with Crippen molar-refractivity contribution in [1.29, 1.82) is 0 Å². The van der Waals surface area contributed by atoms with Crippen LogP contribution < -0.4 is 5.32 Å². The predicted molar refractivity (Wildman–Crippen MR) is 52.9 cm³/mol. The van der Waals surface area contributed by atoms with E-state index >= 15 is 0 Å². The van der Waals surface area contributed by atoms with Gasteiger partial charge in [0.1, 0.15) is 5.76 Å². The number of rotatable bonds is 3. The lowest BCUT2D eigenvalue weighted by atomic mass is 9.80. The lowest BCUT2D eigenvalue weighted by molar-refractivity contribution is -0.145. The lowest BCUT2D eigenvalue weighted by Gasteiger charge is -2.32. The second-order valence-corrected chi connectivity index (χ2v) is 4.00. The van der Waals surface area contributed by atoms with Gasteiger partial charge in [-0.3, -0.25) is 9.59 Å². The van der Waals surface area contributed by atoms with Crippen molar-refractivity contribution in [2.45, 2.75) is 25.8 Å². The molecule has 86 valence electrons. The predicted octanol–water partition coefficient (Wildman–Crippen LogP) is 0.576. The van der Waals surface area contributed by atoms with Gasteiger partial charge in [-0.25, -0.2) is 0 Å². The average molecular weight is 224 g/mol. The highest BCUT2D eigenvalue weighted by Gasteiger charge is 2.35. The van der Waals surface area contributed by atoms with E-state index in [2.05, 4.69) is 10.5 Å². The van der Waals surface area contributed by atoms with Crippen molar-refractivity contribution in [3.8, 4) is 0 Å². The minimum atomic E-state index is -0.803. The summed E-state index contributed by atoms with van der Waals surface area (Å²) in [5.41, 5.74) is 0.233. The fourth-order valence-corrected chi connectivity index (χ4v) is 1.67. The summed E-state index contributed by atoms with van der Waals surface area (Å²) in [6, 6.07) is 1.48. The zero-order valence-electron chi connectivity index (χ0n) is 8.77. The maximum Gasteiger partial charge on any atom is 0.306 e. The van der Waals surface area contributed by atoms with Crippen molar-refractivity contribution < 1.29 is 19.2 Å². The van der Waals surface area contributed by atoms with Gasteiger partial charge in [-0.05, 0) is 19.8 Å². The number of hydrogen-bond acceptors (Lipinski definition) is 4. The molecule has 1 amide bonds. The molecule has 16 heavy (non-hydrogen) atoms. The molecule has 0 radical (unpaired) electrons. The Kier molecular flexibility index (Phi) is 2.64. The van der Waals surface area contributed by atoms with E-state index in [-0.39, 0.29) is 23.6 Å². The number of nitrogens with one attached hydrogen (secondary N) is 1. The molecule has 1 aromatic heterocycles. The molecular formula is C10H12N2O4. The van der Waals surface area contributed by atoms with Crippen molar-refractivity contribution in [3.05, 3.63) is 17.5 Å². The van der Waals surface area contributed by atoms with Crippen LogP contribution in [0.2, 0.25) is 0 Å². The van der Waals surface area contributed by atoms with Crippen LogP contribution in [0.15, 0.2) is 10.6 Å². The Bertz CT molecular complexity index is 420. The summed E-state index contributed by atoms with van der Waals surface area (Å²) in [6.07, 6.45) is 0.968. The first-order valence-corrected chi connectivity index (χ1v) is 5.03. The van der Waals surface area contributed by atoms with Crippen LogP contribution in [0.5, 0.6) is 0 Å². The molecule has 0 unspecified atom stereocenters. The quantitative estimate of drug-likeness (QED) is 0.783. The van der Waals surface area contributed by atoms with Crippen LogP contribution in [0.25, 0.3) is 0 Å². The van der Waals surface area contributed by atoms with E-state index in [0.29, 0.717) is 18.6 Å². The van der Waals surface area contributed by atoms with Crippen LogP contribution in [0.4, 0.5) is 0 Å². The second kappa shape index (κ2) is 3.96. The van der Waals surface area contributed by atoms with E-state index in [1.165, 1.54) is 0 Å². The summed E-state index contributed by atoms with van der Waals surface area (Å²) < 4.78 is 4.77.